The summed E-state index contributed by atoms with van der Waals surface area (Å²) in [7, 11) is 0. The van der Waals surface area contributed by atoms with Crippen molar-refractivity contribution in [3.05, 3.63) is 65.5 Å². The summed E-state index contributed by atoms with van der Waals surface area (Å²) >= 11 is 0. The minimum absolute atomic E-state index is 0. The molecular formula is C20H24ClFN2O2. The van der Waals surface area contributed by atoms with Crippen LogP contribution in [0.5, 0.6) is 5.75 Å². The number of carbonyl (C=O) groups excluding carboxylic acids is 1. The van der Waals surface area contributed by atoms with E-state index >= 15 is 0 Å². The molecule has 2 aromatic carbocycles. The monoisotopic (exact) mass is 378 g/mol. The zero-order valence-electron chi connectivity index (χ0n) is 14.5. The lowest BCUT2D eigenvalue weighted by Gasteiger charge is -2.27. The third-order valence-electron chi connectivity index (χ3n) is 4.55. The molecular weight excluding hydrogens is 355 g/mol. The van der Waals surface area contributed by atoms with Gasteiger partial charge in [-0.15, -0.1) is 12.4 Å². The van der Waals surface area contributed by atoms with Crippen LogP contribution in [0.15, 0.2) is 48.5 Å². The molecule has 1 fully saturated rings. The molecule has 140 valence electrons. The third-order valence-corrected chi connectivity index (χ3v) is 4.55. The molecule has 1 saturated carbocycles. The number of amides is 1. The van der Waals surface area contributed by atoms with Crippen molar-refractivity contribution in [3.8, 4) is 5.75 Å². The molecule has 3 N–H and O–H groups in total. The first-order chi connectivity index (χ1) is 12.1. The van der Waals surface area contributed by atoms with Gasteiger partial charge in [0.25, 0.3) is 5.91 Å². The number of para-hydroxylation sites is 1. The minimum atomic E-state index is -0.282. The highest BCUT2D eigenvalue weighted by molar-refractivity contribution is 5.97. The van der Waals surface area contributed by atoms with Crippen molar-refractivity contribution in [3.63, 3.8) is 0 Å². The van der Waals surface area contributed by atoms with E-state index in [1.165, 1.54) is 12.1 Å². The summed E-state index contributed by atoms with van der Waals surface area (Å²) in [6.45, 7) is 0.281. The summed E-state index contributed by atoms with van der Waals surface area (Å²) in [6, 6.07) is 13.7. The summed E-state index contributed by atoms with van der Waals surface area (Å²) in [6.07, 6.45) is 3.69. The van der Waals surface area contributed by atoms with E-state index in [0.717, 1.165) is 31.2 Å². The lowest BCUT2D eigenvalue weighted by Crippen LogP contribution is -2.40. The van der Waals surface area contributed by atoms with E-state index in [2.05, 4.69) is 5.32 Å². The summed E-state index contributed by atoms with van der Waals surface area (Å²) in [5.41, 5.74) is 7.27. The number of carbonyl (C=O) groups is 1. The van der Waals surface area contributed by atoms with Crippen LogP contribution in [0.4, 0.5) is 4.39 Å². The Morgan fingerprint density at radius 1 is 1.08 bits per heavy atom. The molecule has 6 heteroatoms. The maximum absolute atomic E-state index is 13.0. The summed E-state index contributed by atoms with van der Waals surface area (Å²) in [5.74, 6) is 0.114. The second kappa shape index (κ2) is 9.55. The quantitative estimate of drug-likeness (QED) is 0.831. The maximum atomic E-state index is 13.0. The van der Waals surface area contributed by atoms with E-state index in [0.29, 0.717) is 11.3 Å². The van der Waals surface area contributed by atoms with Crippen LogP contribution in [0.1, 0.15) is 41.6 Å². The first-order valence-electron chi connectivity index (χ1n) is 8.64. The molecule has 0 atom stereocenters. The number of ether oxygens (including phenoxy) is 1. The standard InChI is InChI=1S/C20H23FN2O2.ClH/c21-15-7-5-14(6-8-15)13-25-19-4-2-1-3-18(19)20(24)23-17-11-9-16(22)10-12-17;/h1-8,16-17H,9-13,22H2,(H,23,24);1H. The first kappa shape index (κ1) is 20.2. The fourth-order valence-corrected chi connectivity index (χ4v) is 3.05. The smallest absolute Gasteiger partial charge is 0.255 e. The van der Waals surface area contributed by atoms with Gasteiger partial charge in [0.1, 0.15) is 18.2 Å². The number of nitrogens with two attached hydrogens (primary N) is 1. The van der Waals surface area contributed by atoms with Crippen LogP contribution < -0.4 is 15.8 Å². The highest BCUT2D eigenvalue weighted by Gasteiger charge is 2.21. The Kier molecular flexibility index (Phi) is 7.42. The van der Waals surface area contributed by atoms with Crippen molar-refractivity contribution in [2.45, 2.75) is 44.4 Å². The number of benzene rings is 2. The van der Waals surface area contributed by atoms with Gasteiger partial charge in [-0.05, 0) is 55.5 Å². The third kappa shape index (κ3) is 5.44. The van der Waals surface area contributed by atoms with Crippen LogP contribution in [0, 0.1) is 5.82 Å². The zero-order valence-corrected chi connectivity index (χ0v) is 15.3. The summed E-state index contributed by atoms with van der Waals surface area (Å²) in [5, 5.41) is 3.08. The van der Waals surface area contributed by atoms with Gasteiger partial charge >= 0.3 is 0 Å². The number of halogens is 2. The van der Waals surface area contributed by atoms with Crippen molar-refractivity contribution in [1.82, 2.24) is 5.32 Å². The number of hydrogen-bond donors (Lipinski definition) is 2. The molecule has 0 aromatic heterocycles. The first-order valence-corrected chi connectivity index (χ1v) is 8.64. The maximum Gasteiger partial charge on any atom is 0.255 e. The molecule has 0 aliphatic heterocycles. The lowest BCUT2D eigenvalue weighted by atomic mass is 9.91. The Balaban J connectivity index is 0.00000243. The molecule has 0 spiro atoms. The van der Waals surface area contributed by atoms with E-state index in [1.807, 2.05) is 12.1 Å². The molecule has 1 amide bonds. The van der Waals surface area contributed by atoms with Crippen molar-refractivity contribution in [1.29, 1.82) is 0 Å². The highest BCUT2D eigenvalue weighted by Crippen LogP contribution is 2.22. The molecule has 1 aliphatic carbocycles. The van der Waals surface area contributed by atoms with Gasteiger partial charge in [0, 0.05) is 12.1 Å². The van der Waals surface area contributed by atoms with Gasteiger partial charge < -0.3 is 15.8 Å². The van der Waals surface area contributed by atoms with E-state index in [9.17, 15) is 9.18 Å². The van der Waals surface area contributed by atoms with Crippen LogP contribution in [0.25, 0.3) is 0 Å². The fraction of sp³-hybridized carbons (Fsp3) is 0.350. The zero-order chi connectivity index (χ0) is 17.6. The average molecular weight is 379 g/mol. The molecule has 0 saturated heterocycles. The predicted molar refractivity (Wildman–Crippen MR) is 102 cm³/mol. The summed E-state index contributed by atoms with van der Waals surface area (Å²) < 4.78 is 18.8. The van der Waals surface area contributed by atoms with Crippen molar-refractivity contribution in [2.75, 3.05) is 0 Å². The normalized spacial score (nSPS) is 19.3. The van der Waals surface area contributed by atoms with Crippen LogP contribution in [-0.2, 0) is 6.61 Å². The Hall–Kier alpha value is -2.11. The molecule has 3 rings (SSSR count). The molecule has 2 aromatic rings. The van der Waals surface area contributed by atoms with Crippen LogP contribution in [0.2, 0.25) is 0 Å². The van der Waals surface area contributed by atoms with Gasteiger partial charge in [0.05, 0.1) is 5.56 Å². The molecule has 0 radical (unpaired) electrons. The second-order valence-corrected chi connectivity index (χ2v) is 6.50. The molecule has 26 heavy (non-hydrogen) atoms. The van der Waals surface area contributed by atoms with Crippen LogP contribution >= 0.6 is 12.4 Å². The topological polar surface area (TPSA) is 64.3 Å². The Labute approximate surface area is 159 Å². The Bertz CT molecular complexity index is 716. The van der Waals surface area contributed by atoms with E-state index in [-0.39, 0.29) is 42.8 Å². The predicted octanol–water partition coefficient (Wildman–Crippen LogP) is 3.83. The van der Waals surface area contributed by atoms with Gasteiger partial charge in [-0.1, -0.05) is 24.3 Å². The van der Waals surface area contributed by atoms with E-state index < -0.39 is 0 Å². The van der Waals surface area contributed by atoms with Crippen LogP contribution in [0.3, 0.4) is 0 Å². The molecule has 0 bridgehead atoms. The van der Waals surface area contributed by atoms with E-state index in [1.54, 1.807) is 24.3 Å². The van der Waals surface area contributed by atoms with Crippen molar-refractivity contribution >= 4 is 18.3 Å². The SMILES string of the molecule is Cl.NC1CCC(NC(=O)c2ccccc2OCc2ccc(F)cc2)CC1. The van der Waals surface area contributed by atoms with Crippen molar-refractivity contribution in [2.24, 2.45) is 5.73 Å². The number of hydrogen-bond acceptors (Lipinski definition) is 3. The molecule has 4 nitrogen and oxygen atoms in total. The number of nitrogens with one attached hydrogen (secondary N) is 1. The van der Waals surface area contributed by atoms with Gasteiger partial charge in [0.2, 0.25) is 0 Å². The second-order valence-electron chi connectivity index (χ2n) is 6.50. The van der Waals surface area contributed by atoms with E-state index in [4.69, 9.17) is 10.5 Å². The van der Waals surface area contributed by atoms with Gasteiger partial charge in [-0.25, -0.2) is 4.39 Å². The Morgan fingerprint density at radius 3 is 2.42 bits per heavy atom. The number of rotatable bonds is 5. The molecule has 0 unspecified atom stereocenters. The van der Waals surface area contributed by atoms with Crippen LogP contribution in [-0.4, -0.2) is 18.0 Å². The fourth-order valence-electron chi connectivity index (χ4n) is 3.05. The highest BCUT2D eigenvalue weighted by atomic mass is 35.5. The van der Waals surface area contributed by atoms with Gasteiger partial charge in [-0.3, -0.25) is 4.79 Å². The van der Waals surface area contributed by atoms with Crippen molar-refractivity contribution < 1.29 is 13.9 Å². The largest absolute Gasteiger partial charge is 0.488 e. The lowest BCUT2D eigenvalue weighted by molar-refractivity contribution is 0.0921. The average Bonchev–Trinajstić information content (AvgIpc) is 2.63. The Morgan fingerprint density at radius 2 is 1.73 bits per heavy atom. The molecule has 1 aliphatic rings. The molecule has 0 heterocycles. The van der Waals surface area contributed by atoms with Gasteiger partial charge in [0.15, 0.2) is 0 Å². The van der Waals surface area contributed by atoms with Gasteiger partial charge in [-0.2, -0.15) is 0 Å². The minimum Gasteiger partial charge on any atom is -0.488 e. The summed E-state index contributed by atoms with van der Waals surface area (Å²) in [4.78, 5) is 12.6.